The monoisotopic (exact) mass is 240 g/mol. The Morgan fingerprint density at radius 2 is 2.18 bits per heavy atom. The molecule has 17 heavy (non-hydrogen) atoms. The van der Waals surface area contributed by atoms with E-state index in [9.17, 15) is 9.18 Å². The van der Waals surface area contributed by atoms with Crippen LogP contribution in [0.15, 0.2) is 18.2 Å². The average molecular weight is 240 g/mol. The summed E-state index contributed by atoms with van der Waals surface area (Å²) in [6.45, 7) is 5.31. The third-order valence-corrected chi connectivity index (χ3v) is 2.07. The highest BCUT2D eigenvalue weighted by molar-refractivity contribution is 5.97. The first kappa shape index (κ1) is 13.4. The molecule has 1 rings (SSSR count). The SMILES string of the molecule is CCOc1ccc(NC(=O)C(C)(C)N)cc1F. The standard InChI is InChI=1S/C12H17FN2O2/c1-4-17-10-6-5-8(7-9(10)13)15-11(16)12(2,3)14/h5-7H,4,14H2,1-3H3,(H,15,16). The molecule has 0 aromatic heterocycles. The van der Waals surface area contributed by atoms with E-state index in [0.29, 0.717) is 12.3 Å². The second kappa shape index (κ2) is 5.14. The fourth-order valence-electron chi connectivity index (χ4n) is 1.14. The van der Waals surface area contributed by atoms with E-state index in [4.69, 9.17) is 10.5 Å². The number of hydrogen-bond donors (Lipinski definition) is 2. The summed E-state index contributed by atoms with van der Waals surface area (Å²) in [5.41, 5.74) is 4.96. The van der Waals surface area contributed by atoms with Gasteiger partial charge in [0, 0.05) is 11.8 Å². The molecule has 0 saturated heterocycles. The Bertz CT molecular complexity index is 413. The molecule has 5 heteroatoms. The van der Waals surface area contributed by atoms with E-state index in [2.05, 4.69) is 5.32 Å². The van der Waals surface area contributed by atoms with Gasteiger partial charge < -0.3 is 15.8 Å². The summed E-state index contributed by atoms with van der Waals surface area (Å²) in [7, 11) is 0. The van der Waals surface area contributed by atoms with Gasteiger partial charge in [0.15, 0.2) is 11.6 Å². The van der Waals surface area contributed by atoms with E-state index >= 15 is 0 Å². The molecule has 0 fully saturated rings. The topological polar surface area (TPSA) is 64.3 Å². The molecule has 1 aromatic carbocycles. The molecule has 0 spiro atoms. The molecule has 1 aromatic rings. The van der Waals surface area contributed by atoms with Gasteiger partial charge in [-0.1, -0.05) is 0 Å². The van der Waals surface area contributed by atoms with Crippen LogP contribution in [0.1, 0.15) is 20.8 Å². The van der Waals surface area contributed by atoms with Crippen molar-refractivity contribution in [1.29, 1.82) is 0 Å². The third kappa shape index (κ3) is 3.71. The molecule has 0 aliphatic heterocycles. The molecule has 0 aliphatic rings. The molecule has 0 heterocycles. The lowest BCUT2D eigenvalue weighted by atomic mass is 10.1. The van der Waals surface area contributed by atoms with Crippen molar-refractivity contribution in [1.82, 2.24) is 0 Å². The molecule has 94 valence electrons. The van der Waals surface area contributed by atoms with Crippen LogP contribution >= 0.6 is 0 Å². The highest BCUT2D eigenvalue weighted by Gasteiger charge is 2.22. The maximum Gasteiger partial charge on any atom is 0.243 e. The van der Waals surface area contributed by atoms with Gasteiger partial charge in [-0.25, -0.2) is 4.39 Å². The van der Waals surface area contributed by atoms with Crippen molar-refractivity contribution in [2.24, 2.45) is 5.73 Å². The largest absolute Gasteiger partial charge is 0.491 e. The number of nitrogens with one attached hydrogen (secondary N) is 1. The number of anilines is 1. The molecule has 1 amide bonds. The van der Waals surface area contributed by atoms with Crippen molar-refractivity contribution in [2.45, 2.75) is 26.3 Å². The zero-order chi connectivity index (χ0) is 13.1. The van der Waals surface area contributed by atoms with Gasteiger partial charge in [0.1, 0.15) is 0 Å². The summed E-state index contributed by atoms with van der Waals surface area (Å²) >= 11 is 0. The zero-order valence-corrected chi connectivity index (χ0v) is 10.2. The predicted octanol–water partition coefficient (Wildman–Crippen LogP) is 1.90. The molecule has 0 bridgehead atoms. The molecule has 0 atom stereocenters. The molecule has 0 aliphatic carbocycles. The van der Waals surface area contributed by atoms with Crippen LogP contribution in [0.25, 0.3) is 0 Å². The van der Waals surface area contributed by atoms with Gasteiger partial charge in [0.2, 0.25) is 5.91 Å². The van der Waals surface area contributed by atoms with Gasteiger partial charge in [-0.15, -0.1) is 0 Å². The van der Waals surface area contributed by atoms with Gasteiger partial charge in [0.25, 0.3) is 0 Å². The molecular formula is C12H17FN2O2. The maximum absolute atomic E-state index is 13.5. The second-order valence-electron chi connectivity index (χ2n) is 4.25. The Kier molecular flexibility index (Phi) is 4.07. The number of hydrogen-bond acceptors (Lipinski definition) is 3. The minimum absolute atomic E-state index is 0.164. The Morgan fingerprint density at radius 3 is 2.65 bits per heavy atom. The summed E-state index contributed by atoms with van der Waals surface area (Å²) in [6, 6.07) is 4.24. The highest BCUT2D eigenvalue weighted by Crippen LogP contribution is 2.21. The number of halogens is 1. The van der Waals surface area contributed by atoms with Crippen LogP contribution < -0.4 is 15.8 Å². The Hall–Kier alpha value is -1.62. The Labute approximate surface area is 100.0 Å². The van der Waals surface area contributed by atoms with Crippen LogP contribution in [0.2, 0.25) is 0 Å². The summed E-state index contributed by atoms with van der Waals surface area (Å²) < 4.78 is 18.5. The van der Waals surface area contributed by atoms with Crippen LogP contribution in [0.5, 0.6) is 5.75 Å². The minimum atomic E-state index is -1.00. The Morgan fingerprint density at radius 1 is 1.53 bits per heavy atom. The second-order valence-corrected chi connectivity index (χ2v) is 4.25. The number of carbonyl (C=O) groups excluding carboxylic acids is 1. The van der Waals surface area contributed by atoms with E-state index in [0.717, 1.165) is 0 Å². The van der Waals surface area contributed by atoms with Gasteiger partial charge in [-0.05, 0) is 32.9 Å². The van der Waals surface area contributed by atoms with Crippen molar-refractivity contribution in [3.63, 3.8) is 0 Å². The van der Waals surface area contributed by atoms with Crippen molar-refractivity contribution in [3.05, 3.63) is 24.0 Å². The van der Waals surface area contributed by atoms with E-state index < -0.39 is 11.4 Å². The van der Waals surface area contributed by atoms with E-state index in [1.165, 1.54) is 12.1 Å². The van der Waals surface area contributed by atoms with Crippen molar-refractivity contribution >= 4 is 11.6 Å². The number of amides is 1. The first-order valence-electron chi connectivity index (χ1n) is 5.37. The maximum atomic E-state index is 13.5. The lowest BCUT2D eigenvalue weighted by Crippen LogP contribution is -2.45. The third-order valence-electron chi connectivity index (χ3n) is 2.07. The smallest absolute Gasteiger partial charge is 0.243 e. The fourth-order valence-corrected chi connectivity index (χ4v) is 1.14. The number of rotatable bonds is 4. The zero-order valence-electron chi connectivity index (χ0n) is 10.2. The summed E-state index contributed by atoms with van der Waals surface area (Å²) in [5, 5.41) is 2.53. The van der Waals surface area contributed by atoms with E-state index in [1.807, 2.05) is 0 Å². The lowest BCUT2D eigenvalue weighted by molar-refractivity contribution is -0.120. The van der Waals surface area contributed by atoms with Crippen LogP contribution in [0, 0.1) is 5.82 Å². The summed E-state index contributed by atoms with van der Waals surface area (Å²) in [4.78, 5) is 11.6. The van der Waals surface area contributed by atoms with Crippen molar-refractivity contribution in [3.8, 4) is 5.75 Å². The van der Waals surface area contributed by atoms with E-state index in [-0.39, 0.29) is 11.7 Å². The average Bonchev–Trinajstić information content (AvgIpc) is 2.21. The fraction of sp³-hybridized carbons (Fsp3) is 0.417. The van der Waals surface area contributed by atoms with Crippen LogP contribution in [0.3, 0.4) is 0 Å². The quantitative estimate of drug-likeness (QED) is 0.844. The van der Waals surface area contributed by atoms with Gasteiger partial charge in [-0.2, -0.15) is 0 Å². The van der Waals surface area contributed by atoms with E-state index in [1.54, 1.807) is 26.8 Å². The Balaban J connectivity index is 2.81. The lowest BCUT2D eigenvalue weighted by Gasteiger charge is -2.18. The summed E-state index contributed by atoms with van der Waals surface area (Å²) in [5.74, 6) is -0.724. The molecule has 4 nitrogen and oxygen atoms in total. The molecule has 0 unspecified atom stereocenters. The molecule has 0 radical (unpaired) electrons. The van der Waals surface area contributed by atoms with Crippen molar-refractivity contribution < 1.29 is 13.9 Å². The minimum Gasteiger partial charge on any atom is -0.491 e. The number of benzene rings is 1. The molecular weight excluding hydrogens is 223 g/mol. The first-order chi connectivity index (χ1) is 7.84. The summed E-state index contributed by atoms with van der Waals surface area (Å²) in [6.07, 6.45) is 0. The van der Waals surface area contributed by atoms with Crippen LogP contribution in [0.4, 0.5) is 10.1 Å². The number of ether oxygens (including phenoxy) is 1. The first-order valence-corrected chi connectivity index (χ1v) is 5.37. The van der Waals surface area contributed by atoms with Gasteiger partial charge in [0.05, 0.1) is 12.1 Å². The highest BCUT2D eigenvalue weighted by atomic mass is 19.1. The van der Waals surface area contributed by atoms with Gasteiger partial charge >= 0.3 is 0 Å². The van der Waals surface area contributed by atoms with Crippen LogP contribution in [-0.4, -0.2) is 18.1 Å². The van der Waals surface area contributed by atoms with Crippen molar-refractivity contribution in [2.75, 3.05) is 11.9 Å². The number of nitrogens with two attached hydrogens (primary N) is 1. The molecule has 0 saturated carbocycles. The van der Waals surface area contributed by atoms with Crippen LogP contribution in [-0.2, 0) is 4.79 Å². The number of carbonyl (C=O) groups is 1. The van der Waals surface area contributed by atoms with Gasteiger partial charge in [-0.3, -0.25) is 4.79 Å². The predicted molar refractivity (Wildman–Crippen MR) is 64.5 cm³/mol. The molecule has 3 N–H and O–H groups in total. The normalized spacial score (nSPS) is 11.1.